The molecule has 0 fully saturated rings. The number of furan rings is 1. The van der Waals surface area contributed by atoms with Gasteiger partial charge in [-0.05, 0) is 43.7 Å². The molecule has 0 radical (unpaired) electrons. The molecule has 0 spiro atoms. The Morgan fingerprint density at radius 2 is 1.95 bits per heavy atom. The average Bonchev–Trinajstić information content (AvgIpc) is 3.07. The number of amides is 2. The number of urea groups is 1. The monoisotopic (exact) mass is 297 g/mol. The van der Waals surface area contributed by atoms with Gasteiger partial charge >= 0.3 is 6.03 Å². The van der Waals surface area contributed by atoms with Crippen molar-refractivity contribution in [3.63, 3.8) is 0 Å². The number of carbonyl (C=O) groups excluding carboxylic acids is 1. The highest BCUT2D eigenvalue weighted by molar-refractivity contribution is 5.74. The minimum absolute atomic E-state index is 0.147. The van der Waals surface area contributed by atoms with Crippen molar-refractivity contribution in [2.45, 2.75) is 25.9 Å². The molecule has 22 heavy (non-hydrogen) atoms. The van der Waals surface area contributed by atoms with Gasteiger partial charge in [0.25, 0.3) is 0 Å². The van der Waals surface area contributed by atoms with Gasteiger partial charge in [0.15, 0.2) is 0 Å². The van der Waals surface area contributed by atoms with Crippen LogP contribution in [0.2, 0.25) is 0 Å². The van der Waals surface area contributed by atoms with E-state index in [0.29, 0.717) is 5.56 Å². The maximum atomic E-state index is 12.3. The molecule has 1 aromatic heterocycles. The zero-order chi connectivity index (χ0) is 16.1. The molecule has 1 heterocycles. The first-order chi connectivity index (χ1) is 10.5. The summed E-state index contributed by atoms with van der Waals surface area (Å²) in [6, 6.07) is 12.4. The standard InChI is InChI=1S/C17H19N3O2/c1-12(15-8-6-14(11-18)7-9-15)19-17(21)20(3)13(2)16-5-4-10-22-16/h4-10,12-13H,1-3H3,(H,19,21). The summed E-state index contributed by atoms with van der Waals surface area (Å²) in [7, 11) is 1.73. The highest BCUT2D eigenvalue weighted by Crippen LogP contribution is 2.20. The molecule has 114 valence electrons. The first kappa shape index (κ1) is 15.6. The predicted octanol–water partition coefficient (Wildman–Crippen LogP) is 3.61. The van der Waals surface area contributed by atoms with Gasteiger partial charge in [0, 0.05) is 7.05 Å². The van der Waals surface area contributed by atoms with Crippen LogP contribution in [-0.4, -0.2) is 18.0 Å². The summed E-state index contributed by atoms with van der Waals surface area (Å²) < 4.78 is 5.33. The largest absolute Gasteiger partial charge is 0.467 e. The van der Waals surface area contributed by atoms with Crippen LogP contribution in [0.25, 0.3) is 0 Å². The van der Waals surface area contributed by atoms with Gasteiger partial charge in [-0.1, -0.05) is 12.1 Å². The molecule has 0 saturated heterocycles. The molecule has 0 aliphatic rings. The number of rotatable bonds is 4. The zero-order valence-electron chi connectivity index (χ0n) is 12.9. The van der Waals surface area contributed by atoms with E-state index in [9.17, 15) is 4.79 Å². The lowest BCUT2D eigenvalue weighted by atomic mass is 10.1. The van der Waals surface area contributed by atoms with Crippen molar-refractivity contribution in [2.75, 3.05) is 7.05 Å². The zero-order valence-corrected chi connectivity index (χ0v) is 12.9. The van der Waals surface area contributed by atoms with Crippen LogP contribution in [0.15, 0.2) is 47.1 Å². The third-order valence-corrected chi connectivity index (χ3v) is 3.74. The fourth-order valence-corrected chi connectivity index (χ4v) is 2.11. The summed E-state index contributed by atoms with van der Waals surface area (Å²) in [5.74, 6) is 0.740. The lowest BCUT2D eigenvalue weighted by Gasteiger charge is -2.26. The fourth-order valence-electron chi connectivity index (χ4n) is 2.11. The van der Waals surface area contributed by atoms with Crippen molar-refractivity contribution in [1.29, 1.82) is 5.26 Å². The van der Waals surface area contributed by atoms with Gasteiger partial charge in [0.1, 0.15) is 5.76 Å². The summed E-state index contributed by atoms with van der Waals surface area (Å²) >= 11 is 0. The van der Waals surface area contributed by atoms with E-state index in [4.69, 9.17) is 9.68 Å². The Balaban J connectivity index is 1.99. The van der Waals surface area contributed by atoms with E-state index >= 15 is 0 Å². The number of carbonyl (C=O) groups is 1. The van der Waals surface area contributed by atoms with Gasteiger partial charge in [0.05, 0.1) is 30.0 Å². The third kappa shape index (κ3) is 3.47. The van der Waals surface area contributed by atoms with Crippen molar-refractivity contribution in [3.8, 4) is 6.07 Å². The lowest BCUT2D eigenvalue weighted by molar-refractivity contribution is 0.184. The van der Waals surface area contributed by atoms with Gasteiger partial charge in [-0.3, -0.25) is 0 Å². The second-order valence-corrected chi connectivity index (χ2v) is 5.21. The molecule has 2 unspecified atom stereocenters. The Morgan fingerprint density at radius 3 is 2.50 bits per heavy atom. The molecule has 5 nitrogen and oxygen atoms in total. The Labute approximate surface area is 130 Å². The van der Waals surface area contributed by atoms with Gasteiger partial charge < -0.3 is 14.6 Å². The van der Waals surface area contributed by atoms with E-state index < -0.39 is 0 Å². The van der Waals surface area contributed by atoms with Crippen LogP contribution < -0.4 is 5.32 Å². The van der Waals surface area contributed by atoms with Crippen molar-refractivity contribution < 1.29 is 9.21 Å². The molecular weight excluding hydrogens is 278 g/mol. The third-order valence-electron chi connectivity index (χ3n) is 3.74. The van der Waals surface area contributed by atoms with E-state index in [0.717, 1.165) is 11.3 Å². The van der Waals surface area contributed by atoms with Crippen molar-refractivity contribution in [3.05, 3.63) is 59.5 Å². The Morgan fingerprint density at radius 1 is 1.27 bits per heavy atom. The predicted molar refractivity (Wildman–Crippen MR) is 83.0 cm³/mol. The van der Waals surface area contributed by atoms with Gasteiger partial charge in [0.2, 0.25) is 0 Å². The summed E-state index contributed by atoms with van der Waals surface area (Å²) in [5, 5.41) is 11.7. The highest BCUT2D eigenvalue weighted by Gasteiger charge is 2.20. The minimum atomic E-state index is -0.180. The number of hydrogen-bond donors (Lipinski definition) is 1. The number of nitrogens with zero attached hydrogens (tertiary/aromatic N) is 2. The second kappa shape index (κ2) is 6.81. The number of nitriles is 1. The SMILES string of the molecule is CC(NC(=O)N(C)C(C)c1ccco1)c1ccc(C#N)cc1. The number of nitrogens with one attached hydrogen (secondary N) is 1. The summed E-state index contributed by atoms with van der Waals surface area (Å²) in [4.78, 5) is 13.9. The van der Waals surface area contributed by atoms with Crippen LogP contribution in [0.4, 0.5) is 4.79 Å². The summed E-state index contributed by atoms with van der Waals surface area (Å²) in [5.41, 5.74) is 1.55. The van der Waals surface area contributed by atoms with E-state index in [1.165, 1.54) is 0 Å². The van der Waals surface area contributed by atoms with E-state index in [1.54, 1.807) is 36.4 Å². The molecule has 0 saturated carbocycles. The molecule has 1 aromatic carbocycles. The first-order valence-corrected chi connectivity index (χ1v) is 7.09. The molecule has 2 aromatic rings. The van der Waals surface area contributed by atoms with Crippen LogP contribution in [0.1, 0.15) is 42.8 Å². The van der Waals surface area contributed by atoms with Gasteiger partial charge in [-0.25, -0.2) is 4.79 Å². The van der Waals surface area contributed by atoms with E-state index in [2.05, 4.69) is 11.4 Å². The molecule has 2 rings (SSSR count). The molecule has 2 amide bonds. The van der Waals surface area contributed by atoms with Crippen molar-refractivity contribution >= 4 is 6.03 Å². The molecule has 5 heteroatoms. The molecule has 2 atom stereocenters. The normalized spacial score (nSPS) is 13.0. The Hall–Kier alpha value is -2.74. The van der Waals surface area contributed by atoms with Gasteiger partial charge in [-0.15, -0.1) is 0 Å². The number of benzene rings is 1. The maximum absolute atomic E-state index is 12.3. The number of hydrogen-bond acceptors (Lipinski definition) is 3. The molecule has 0 aliphatic heterocycles. The summed E-state index contributed by atoms with van der Waals surface area (Å²) in [6.07, 6.45) is 1.59. The Kier molecular flexibility index (Phi) is 4.84. The smallest absolute Gasteiger partial charge is 0.318 e. The molecular formula is C17H19N3O2. The minimum Gasteiger partial charge on any atom is -0.467 e. The fraction of sp³-hybridized carbons (Fsp3) is 0.294. The quantitative estimate of drug-likeness (QED) is 0.937. The van der Waals surface area contributed by atoms with Crippen LogP contribution in [-0.2, 0) is 0 Å². The topological polar surface area (TPSA) is 69.3 Å². The highest BCUT2D eigenvalue weighted by atomic mass is 16.3. The first-order valence-electron chi connectivity index (χ1n) is 7.09. The molecule has 1 N–H and O–H groups in total. The molecule has 0 aliphatic carbocycles. The summed E-state index contributed by atoms with van der Waals surface area (Å²) in [6.45, 7) is 3.81. The van der Waals surface area contributed by atoms with E-state index in [1.807, 2.05) is 32.0 Å². The molecule has 0 bridgehead atoms. The van der Waals surface area contributed by atoms with E-state index in [-0.39, 0.29) is 18.1 Å². The Bertz CT molecular complexity index is 656. The lowest BCUT2D eigenvalue weighted by Crippen LogP contribution is -2.39. The maximum Gasteiger partial charge on any atom is 0.318 e. The van der Waals surface area contributed by atoms with Crippen LogP contribution in [0.3, 0.4) is 0 Å². The van der Waals surface area contributed by atoms with Crippen molar-refractivity contribution in [1.82, 2.24) is 10.2 Å². The van der Waals surface area contributed by atoms with Gasteiger partial charge in [-0.2, -0.15) is 5.26 Å². The average molecular weight is 297 g/mol. The van der Waals surface area contributed by atoms with Crippen LogP contribution >= 0.6 is 0 Å². The second-order valence-electron chi connectivity index (χ2n) is 5.21. The van der Waals surface area contributed by atoms with Crippen molar-refractivity contribution in [2.24, 2.45) is 0 Å². The van der Waals surface area contributed by atoms with Crippen LogP contribution in [0.5, 0.6) is 0 Å². The van der Waals surface area contributed by atoms with Crippen LogP contribution in [0, 0.1) is 11.3 Å².